The number of benzene rings is 1. The van der Waals surface area contributed by atoms with Gasteiger partial charge in [0.1, 0.15) is 17.9 Å². The van der Waals surface area contributed by atoms with Gasteiger partial charge in [0.25, 0.3) is 0 Å². The van der Waals surface area contributed by atoms with Crippen molar-refractivity contribution in [2.24, 2.45) is 0 Å². The van der Waals surface area contributed by atoms with Crippen LogP contribution in [0.2, 0.25) is 0 Å². The number of likely N-dealkylation sites (N-methyl/N-ethyl adjacent to an activating group) is 1. The standard InChI is InChI=1S/C22H31N3O2/c1-4-6-19-16-18(7-8-20(19)27-15-5-2)17-25-12-9-22(10-13-25)21(26)23-11-14-24(22)3/h4-5,7-8,16H,1-2,6,9-15,17H2,3H3,(H,23,26). The molecule has 1 amide bonds. The van der Waals surface area contributed by atoms with Crippen LogP contribution in [0.4, 0.5) is 0 Å². The maximum absolute atomic E-state index is 12.5. The summed E-state index contributed by atoms with van der Waals surface area (Å²) < 4.78 is 5.75. The van der Waals surface area contributed by atoms with E-state index in [9.17, 15) is 4.79 Å². The van der Waals surface area contributed by atoms with Crippen molar-refractivity contribution < 1.29 is 9.53 Å². The molecule has 2 fully saturated rings. The molecule has 1 N–H and O–H groups in total. The van der Waals surface area contributed by atoms with Crippen LogP contribution < -0.4 is 10.1 Å². The molecule has 2 saturated heterocycles. The molecule has 1 aromatic rings. The van der Waals surface area contributed by atoms with Crippen LogP contribution in [-0.2, 0) is 17.8 Å². The van der Waals surface area contributed by atoms with Crippen LogP contribution in [0.25, 0.3) is 0 Å². The first-order chi connectivity index (χ1) is 13.1. The highest BCUT2D eigenvalue weighted by molar-refractivity contribution is 5.87. The fourth-order valence-corrected chi connectivity index (χ4v) is 4.17. The number of piperidine rings is 1. The number of nitrogens with zero attached hydrogens (tertiary/aromatic N) is 2. The molecule has 2 aliphatic rings. The topological polar surface area (TPSA) is 44.8 Å². The van der Waals surface area contributed by atoms with Gasteiger partial charge in [0, 0.05) is 32.7 Å². The fourth-order valence-electron chi connectivity index (χ4n) is 4.17. The number of carbonyl (C=O) groups excluding carboxylic acids is 1. The Bertz CT molecular complexity index is 693. The van der Waals surface area contributed by atoms with E-state index < -0.39 is 0 Å². The molecule has 0 aromatic heterocycles. The van der Waals surface area contributed by atoms with E-state index in [4.69, 9.17) is 4.74 Å². The number of amides is 1. The molecule has 0 unspecified atom stereocenters. The minimum Gasteiger partial charge on any atom is -0.489 e. The second-order valence-electron chi connectivity index (χ2n) is 7.52. The molecule has 5 nitrogen and oxygen atoms in total. The Morgan fingerprint density at radius 1 is 1.22 bits per heavy atom. The molecule has 2 heterocycles. The smallest absolute Gasteiger partial charge is 0.240 e. The summed E-state index contributed by atoms with van der Waals surface area (Å²) in [6.07, 6.45) is 6.22. The average Bonchev–Trinajstić information content (AvgIpc) is 2.67. The third kappa shape index (κ3) is 4.25. The third-order valence-electron chi connectivity index (χ3n) is 5.82. The van der Waals surface area contributed by atoms with Gasteiger partial charge in [0.2, 0.25) is 5.91 Å². The van der Waals surface area contributed by atoms with Gasteiger partial charge >= 0.3 is 0 Å². The Morgan fingerprint density at radius 3 is 2.67 bits per heavy atom. The van der Waals surface area contributed by atoms with Crippen molar-refractivity contribution in [1.29, 1.82) is 0 Å². The van der Waals surface area contributed by atoms with E-state index in [1.807, 2.05) is 12.1 Å². The van der Waals surface area contributed by atoms with Crippen molar-refractivity contribution in [3.63, 3.8) is 0 Å². The predicted octanol–water partition coefficient (Wildman–Crippen LogP) is 2.38. The molecular weight excluding hydrogens is 338 g/mol. The first-order valence-electron chi connectivity index (χ1n) is 9.77. The number of carbonyl (C=O) groups is 1. The number of hydrogen-bond acceptors (Lipinski definition) is 4. The highest BCUT2D eigenvalue weighted by Gasteiger charge is 2.46. The van der Waals surface area contributed by atoms with Crippen molar-refractivity contribution >= 4 is 5.91 Å². The van der Waals surface area contributed by atoms with E-state index in [1.165, 1.54) is 5.56 Å². The van der Waals surface area contributed by atoms with Crippen molar-refractivity contribution in [1.82, 2.24) is 15.1 Å². The van der Waals surface area contributed by atoms with E-state index in [1.54, 1.807) is 6.08 Å². The molecule has 2 aliphatic heterocycles. The van der Waals surface area contributed by atoms with Crippen LogP contribution in [0.3, 0.4) is 0 Å². The fraction of sp³-hybridized carbons (Fsp3) is 0.500. The summed E-state index contributed by atoms with van der Waals surface area (Å²) in [5.41, 5.74) is 2.12. The Hall–Kier alpha value is -2.11. The monoisotopic (exact) mass is 369 g/mol. The summed E-state index contributed by atoms with van der Waals surface area (Å²) >= 11 is 0. The molecule has 0 aliphatic carbocycles. The zero-order valence-electron chi connectivity index (χ0n) is 16.4. The lowest BCUT2D eigenvalue weighted by Crippen LogP contribution is -2.66. The van der Waals surface area contributed by atoms with Crippen LogP contribution in [0.15, 0.2) is 43.5 Å². The van der Waals surface area contributed by atoms with Crippen LogP contribution in [0, 0.1) is 0 Å². The van der Waals surface area contributed by atoms with Gasteiger partial charge in [-0.15, -0.1) is 6.58 Å². The summed E-state index contributed by atoms with van der Waals surface area (Å²) in [5, 5.41) is 3.05. The Labute approximate surface area is 162 Å². The van der Waals surface area contributed by atoms with Crippen molar-refractivity contribution in [2.45, 2.75) is 31.3 Å². The minimum atomic E-state index is -0.314. The summed E-state index contributed by atoms with van der Waals surface area (Å²) in [6, 6.07) is 6.39. The molecule has 5 heteroatoms. The maximum atomic E-state index is 12.5. The van der Waals surface area contributed by atoms with Crippen molar-refractivity contribution in [3.05, 3.63) is 54.6 Å². The van der Waals surface area contributed by atoms with Gasteiger partial charge in [0.05, 0.1) is 0 Å². The zero-order chi connectivity index (χ0) is 19.3. The van der Waals surface area contributed by atoms with E-state index in [2.05, 4.69) is 47.5 Å². The van der Waals surface area contributed by atoms with Gasteiger partial charge in [-0.25, -0.2) is 0 Å². The number of allylic oxidation sites excluding steroid dienone is 1. The van der Waals surface area contributed by atoms with Crippen LogP contribution in [-0.4, -0.2) is 61.1 Å². The van der Waals surface area contributed by atoms with E-state index >= 15 is 0 Å². The number of ether oxygens (including phenoxy) is 1. The van der Waals surface area contributed by atoms with Crippen LogP contribution in [0.1, 0.15) is 24.0 Å². The lowest BCUT2D eigenvalue weighted by Gasteiger charge is -2.48. The first-order valence-corrected chi connectivity index (χ1v) is 9.77. The molecule has 1 aromatic carbocycles. The zero-order valence-corrected chi connectivity index (χ0v) is 16.4. The van der Waals surface area contributed by atoms with Crippen LogP contribution in [0.5, 0.6) is 5.75 Å². The number of nitrogens with one attached hydrogen (secondary N) is 1. The average molecular weight is 370 g/mol. The van der Waals surface area contributed by atoms with Crippen molar-refractivity contribution in [3.8, 4) is 5.75 Å². The quantitative estimate of drug-likeness (QED) is 0.750. The van der Waals surface area contributed by atoms with Crippen LogP contribution >= 0.6 is 0 Å². The molecule has 0 bridgehead atoms. The van der Waals surface area contributed by atoms with E-state index in [0.717, 1.165) is 63.3 Å². The molecule has 0 radical (unpaired) electrons. The Morgan fingerprint density at radius 2 is 2.00 bits per heavy atom. The molecule has 1 spiro atoms. The van der Waals surface area contributed by atoms with Gasteiger partial charge in [-0.1, -0.05) is 30.9 Å². The van der Waals surface area contributed by atoms with Gasteiger partial charge in [-0.05, 0) is 43.5 Å². The van der Waals surface area contributed by atoms with Gasteiger partial charge in [0.15, 0.2) is 0 Å². The van der Waals surface area contributed by atoms with Gasteiger partial charge in [-0.3, -0.25) is 14.6 Å². The minimum absolute atomic E-state index is 0.202. The van der Waals surface area contributed by atoms with Gasteiger partial charge in [-0.2, -0.15) is 0 Å². The maximum Gasteiger partial charge on any atom is 0.240 e. The summed E-state index contributed by atoms with van der Waals surface area (Å²) in [5.74, 6) is 1.10. The number of piperazine rings is 1. The molecule has 146 valence electrons. The largest absolute Gasteiger partial charge is 0.489 e. The van der Waals surface area contributed by atoms with Gasteiger partial charge < -0.3 is 10.1 Å². The number of likely N-dealkylation sites (tertiary alicyclic amines) is 1. The second-order valence-corrected chi connectivity index (χ2v) is 7.52. The molecule has 0 saturated carbocycles. The third-order valence-corrected chi connectivity index (χ3v) is 5.82. The van der Waals surface area contributed by atoms with E-state index in [-0.39, 0.29) is 11.4 Å². The molecule has 0 atom stereocenters. The SMILES string of the molecule is C=CCOc1ccc(CN2CCC3(CC2)C(=O)NCCN3C)cc1CC=C. The number of rotatable bonds is 7. The summed E-state index contributed by atoms with van der Waals surface area (Å²) in [4.78, 5) is 17.2. The molecule has 3 rings (SSSR count). The highest BCUT2D eigenvalue weighted by atomic mass is 16.5. The summed E-state index contributed by atoms with van der Waals surface area (Å²) in [7, 11) is 2.08. The summed E-state index contributed by atoms with van der Waals surface area (Å²) in [6.45, 7) is 12.5. The first kappa shape index (κ1) is 19.6. The predicted molar refractivity (Wildman–Crippen MR) is 109 cm³/mol. The highest BCUT2D eigenvalue weighted by Crippen LogP contribution is 2.31. The molecular formula is C22H31N3O2. The Kier molecular flexibility index (Phi) is 6.34. The number of hydrogen-bond donors (Lipinski definition) is 1. The normalized spacial score (nSPS) is 20.3. The lowest BCUT2D eigenvalue weighted by atomic mass is 9.83. The van der Waals surface area contributed by atoms with Crippen molar-refractivity contribution in [2.75, 3.05) is 39.8 Å². The van der Waals surface area contributed by atoms with E-state index in [0.29, 0.717) is 6.61 Å². The lowest BCUT2D eigenvalue weighted by molar-refractivity contribution is -0.140. The second kappa shape index (κ2) is 8.72. The Balaban J connectivity index is 1.64. The molecule has 27 heavy (non-hydrogen) atoms.